The molecule has 1 saturated carbocycles. The van der Waals surface area contributed by atoms with E-state index in [1.807, 2.05) is 0 Å². The Morgan fingerprint density at radius 2 is 2.22 bits per heavy atom. The molecule has 6 N–H and O–H groups in total. The minimum Gasteiger partial charge on any atom is -0.390 e. The second-order valence-corrected chi connectivity index (χ2v) is 7.05. The van der Waals surface area contributed by atoms with Gasteiger partial charge in [-0.2, -0.15) is 4.98 Å². The number of nitrogens with zero attached hydrogens (tertiary/aromatic N) is 3. The molecule has 1 aliphatic carbocycles. The maximum Gasteiger partial charge on any atom is 0.350 e. The third-order valence-corrected chi connectivity index (χ3v) is 4.23. The largest absolute Gasteiger partial charge is 0.390 e. The highest BCUT2D eigenvalue weighted by Gasteiger charge is 2.36. The third-order valence-electron chi connectivity index (χ3n) is 3.75. The van der Waals surface area contributed by atoms with Crippen LogP contribution in [-0.4, -0.2) is 53.0 Å². The maximum absolute atomic E-state index is 11.8. The summed E-state index contributed by atoms with van der Waals surface area (Å²) in [5.74, 6) is -0.0444. The fraction of sp³-hybridized carbons (Fsp3) is 0.545. The Bertz CT molecular complexity index is 828. The van der Waals surface area contributed by atoms with Crippen LogP contribution in [0.2, 0.25) is 0 Å². The van der Waals surface area contributed by atoms with Crippen LogP contribution in [0.25, 0.3) is 11.2 Å². The quantitative estimate of drug-likeness (QED) is 0.431. The van der Waals surface area contributed by atoms with Crippen LogP contribution in [0.5, 0.6) is 0 Å². The molecular weight excluding hydrogens is 329 g/mol. The van der Waals surface area contributed by atoms with Crippen molar-refractivity contribution in [2.24, 2.45) is 0 Å². The van der Waals surface area contributed by atoms with Crippen molar-refractivity contribution in [1.82, 2.24) is 19.5 Å². The number of hydrogen-bond donors (Lipinski definition) is 5. The van der Waals surface area contributed by atoms with Gasteiger partial charge in [0.25, 0.3) is 5.56 Å². The lowest BCUT2D eigenvalue weighted by Gasteiger charge is -2.15. The number of aliphatic hydroxyl groups is 1. The zero-order chi connectivity index (χ0) is 16.8. The van der Waals surface area contributed by atoms with Crippen molar-refractivity contribution in [2.75, 3.05) is 12.1 Å². The van der Waals surface area contributed by atoms with E-state index >= 15 is 0 Å². The Morgan fingerprint density at radius 1 is 1.48 bits per heavy atom. The Kier molecular flexibility index (Phi) is 3.98. The van der Waals surface area contributed by atoms with Crippen molar-refractivity contribution >= 4 is 24.7 Å². The molecule has 11 nitrogen and oxygen atoms in total. The van der Waals surface area contributed by atoms with Gasteiger partial charge in [-0.25, -0.2) is 4.98 Å². The predicted molar refractivity (Wildman–Crippen MR) is 78.6 cm³/mol. The van der Waals surface area contributed by atoms with E-state index in [2.05, 4.69) is 15.0 Å². The Morgan fingerprint density at radius 3 is 2.91 bits per heavy atom. The average Bonchev–Trinajstić information content (AvgIpc) is 2.99. The molecule has 0 unspecified atom stereocenters. The minimum absolute atomic E-state index is 0.0444. The molecule has 0 saturated heterocycles. The van der Waals surface area contributed by atoms with Crippen LogP contribution >= 0.6 is 7.60 Å². The van der Waals surface area contributed by atoms with Gasteiger partial charge in [0.2, 0.25) is 5.95 Å². The molecule has 0 aliphatic heterocycles. The lowest BCUT2D eigenvalue weighted by Crippen LogP contribution is -2.23. The number of nitrogen functional groups attached to an aromatic ring is 1. The molecular formula is C11H16N5O6P. The number of aromatic nitrogens is 4. The van der Waals surface area contributed by atoms with Gasteiger partial charge in [-0.15, -0.1) is 0 Å². The van der Waals surface area contributed by atoms with Crippen LogP contribution in [0, 0.1) is 0 Å². The smallest absolute Gasteiger partial charge is 0.350 e. The first kappa shape index (κ1) is 16.1. The molecule has 3 rings (SSSR count). The zero-order valence-corrected chi connectivity index (χ0v) is 12.8. The lowest BCUT2D eigenvalue weighted by molar-refractivity contribution is -0.00425. The van der Waals surface area contributed by atoms with Crippen LogP contribution in [0.15, 0.2) is 11.1 Å². The van der Waals surface area contributed by atoms with E-state index in [-0.39, 0.29) is 23.9 Å². The van der Waals surface area contributed by atoms with Crippen LogP contribution in [0.4, 0.5) is 5.95 Å². The van der Waals surface area contributed by atoms with Crippen molar-refractivity contribution in [2.45, 2.75) is 31.1 Å². The van der Waals surface area contributed by atoms with Crippen LogP contribution in [0.3, 0.4) is 0 Å². The highest BCUT2D eigenvalue weighted by atomic mass is 31.2. The molecule has 1 fully saturated rings. The summed E-state index contributed by atoms with van der Waals surface area (Å²) in [6.07, 6.45) is -0.341. The topological polar surface area (TPSA) is 177 Å². The van der Waals surface area contributed by atoms with Crippen molar-refractivity contribution in [3.05, 3.63) is 16.7 Å². The number of fused-ring (bicyclic) bond motifs is 1. The van der Waals surface area contributed by atoms with Gasteiger partial charge >= 0.3 is 7.60 Å². The van der Waals surface area contributed by atoms with E-state index in [0.29, 0.717) is 12.1 Å². The van der Waals surface area contributed by atoms with Crippen molar-refractivity contribution in [3.8, 4) is 0 Å². The summed E-state index contributed by atoms with van der Waals surface area (Å²) in [5, 5.41) is 10.0. The summed E-state index contributed by atoms with van der Waals surface area (Å²) in [5.41, 5.74) is 5.50. The van der Waals surface area contributed by atoms with E-state index in [9.17, 15) is 14.5 Å². The van der Waals surface area contributed by atoms with Gasteiger partial charge in [0.05, 0.1) is 18.5 Å². The zero-order valence-electron chi connectivity index (χ0n) is 11.9. The number of anilines is 1. The molecule has 0 aromatic carbocycles. The number of H-pyrrole nitrogens is 1. The molecule has 0 amide bonds. The molecule has 2 heterocycles. The standard InChI is InChI=1S/C11H16N5O6P/c12-11-14-9-8(10(18)15-11)13-3-16(9)5-1-6(17)7(2-5)22-4-23(19,20)21/h3,5-7,17H,1-2,4H2,(H2,19,20,21)(H3,12,14,15,18)/t5-,6-,7-/m0/s1. The SMILES string of the molecule is Nc1nc2c(ncn2[C@@H]2C[C@H](OCP(=O)(O)O)[C@@H](O)C2)c(=O)[nH]1. The average molecular weight is 345 g/mol. The number of aromatic amines is 1. The van der Waals surface area contributed by atoms with Crippen LogP contribution in [0.1, 0.15) is 18.9 Å². The maximum atomic E-state index is 11.8. The Labute approximate surface area is 129 Å². The molecule has 12 heteroatoms. The van der Waals surface area contributed by atoms with E-state index in [4.69, 9.17) is 20.3 Å². The number of imidazole rings is 1. The summed E-state index contributed by atoms with van der Waals surface area (Å²) in [7, 11) is -4.30. The van der Waals surface area contributed by atoms with Crippen molar-refractivity contribution in [1.29, 1.82) is 0 Å². The van der Waals surface area contributed by atoms with Gasteiger partial charge in [-0.1, -0.05) is 0 Å². The highest BCUT2D eigenvalue weighted by Crippen LogP contribution is 2.39. The lowest BCUT2D eigenvalue weighted by atomic mass is 10.2. The molecule has 1 aliphatic rings. The first-order valence-electron chi connectivity index (χ1n) is 6.81. The van der Waals surface area contributed by atoms with Crippen molar-refractivity contribution in [3.63, 3.8) is 0 Å². The molecule has 126 valence electrons. The monoisotopic (exact) mass is 345 g/mol. The second kappa shape index (κ2) is 5.69. The minimum atomic E-state index is -4.30. The van der Waals surface area contributed by atoms with E-state index in [0.717, 1.165) is 0 Å². The molecule has 2 aromatic rings. The van der Waals surface area contributed by atoms with E-state index < -0.39 is 31.7 Å². The summed E-state index contributed by atoms with van der Waals surface area (Å²) in [6, 6.07) is -0.273. The number of hydrogen-bond acceptors (Lipinski definition) is 7. The summed E-state index contributed by atoms with van der Waals surface area (Å²) < 4.78 is 17.6. The first-order valence-corrected chi connectivity index (χ1v) is 8.61. The molecule has 0 spiro atoms. The number of nitrogens with one attached hydrogen (secondary N) is 1. The Hall–Kier alpha value is -1.78. The summed E-state index contributed by atoms with van der Waals surface area (Å²) in [4.78, 5) is 39.8. The highest BCUT2D eigenvalue weighted by molar-refractivity contribution is 7.51. The fourth-order valence-electron chi connectivity index (χ4n) is 2.76. The van der Waals surface area contributed by atoms with Gasteiger partial charge in [0.15, 0.2) is 11.2 Å². The number of ether oxygens (including phenoxy) is 1. The number of rotatable bonds is 4. The van der Waals surface area contributed by atoms with Crippen LogP contribution < -0.4 is 11.3 Å². The van der Waals surface area contributed by atoms with Crippen molar-refractivity contribution < 1.29 is 24.2 Å². The van der Waals surface area contributed by atoms with Gasteiger partial charge < -0.3 is 29.9 Å². The van der Waals surface area contributed by atoms with E-state index in [1.165, 1.54) is 6.33 Å². The van der Waals surface area contributed by atoms with Gasteiger partial charge in [-0.3, -0.25) is 14.3 Å². The first-order chi connectivity index (χ1) is 10.7. The van der Waals surface area contributed by atoms with Gasteiger partial charge in [0, 0.05) is 6.04 Å². The van der Waals surface area contributed by atoms with Crippen LogP contribution in [-0.2, 0) is 9.30 Å². The number of aliphatic hydroxyl groups excluding tert-OH is 1. The Balaban J connectivity index is 1.84. The van der Waals surface area contributed by atoms with Gasteiger partial charge in [-0.05, 0) is 12.8 Å². The number of nitrogens with two attached hydrogens (primary N) is 1. The fourth-order valence-corrected chi connectivity index (χ4v) is 3.15. The second-order valence-electron chi connectivity index (χ2n) is 5.47. The molecule has 23 heavy (non-hydrogen) atoms. The summed E-state index contributed by atoms with van der Waals surface area (Å²) in [6.45, 7) is 0. The summed E-state index contributed by atoms with van der Waals surface area (Å²) >= 11 is 0. The normalized spacial score (nSPS) is 25.3. The third kappa shape index (κ3) is 3.28. The molecule has 0 bridgehead atoms. The molecule has 2 aromatic heterocycles. The molecule has 3 atom stereocenters. The van der Waals surface area contributed by atoms with Gasteiger partial charge in [0.1, 0.15) is 6.35 Å². The molecule has 0 radical (unpaired) electrons. The predicted octanol–water partition coefficient (Wildman–Crippen LogP) is -1.08. The van der Waals surface area contributed by atoms with E-state index in [1.54, 1.807) is 4.57 Å².